The van der Waals surface area contributed by atoms with E-state index in [1.807, 2.05) is 6.07 Å². The maximum Gasteiger partial charge on any atom is 0.119 e. The number of hydrogen-bond donors (Lipinski definition) is 1. The molecule has 0 amide bonds. The van der Waals surface area contributed by atoms with Crippen molar-refractivity contribution in [2.24, 2.45) is 0 Å². The highest BCUT2D eigenvalue weighted by Gasteiger charge is 2.08. The molecule has 0 bridgehead atoms. The van der Waals surface area contributed by atoms with Crippen LogP contribution in [0.1, 0.15) is 44.2 Å². The highest BCUT2D eigenvalue weighted by Crippen LogP contribution is 2.28. The first kappa shape index (κ1) is 10.1. The predicted octanol–water partition coefficient (Wildman–Crippen LogP) is 3.47. The number of hydrogen-bond acceptors (Lipinski definition) is 1. The van der Waals surface area contributed by atoms with E-state index in [1.165, 1.54) is 5.56 Å². The third kappa shape index (κ3) is 2.24. The molecular weight excluding hydrogens is 160 g/mol. The Kier molecular flexibility index (Phi) is 3.35. The Morgan fingerprint density at radius 2 is 2.00 bits per heavy atom. The molecule has 0 saturated heterocycles. The Labute approximate surface area is 80.4 Å². The van der Waals surface area contributed by atoms with Crippen LogP contribution in [0.3, 0.4) is 0 Å². The van der Waals surface area contributed by atoms with Gasteiger partial charge in [0.15, 0.2) is 0 Å². The minimum atomic E-state index is 0.437. The summed E-state index contributed by atoms with van der Waals surface area (Å²) in [7, 11) is 0. The Morgan fingerprint density at radius 3 is 2.54 bits per heavy atom. The van der Waals surface area contributed by atoms with E-state index in [0.29, 0.717) is 11.7 Å². The molecule has 0 fully saturated rings. The van der Waals surface area contributed by atoms with Crippen LogP contribution in [0.5, 0.6) is 5.75 Å². The minimum Gasteiger partial charge on any atom is -0.508 e. The quantitative estimate of drug-likeness (QED) is 0.751. The van der Waals surface area contributed by atoms with E-state index in [9.17, 15) is 5.11 Å². The fourth-order valence-electron chi connectivity index (χ4n) is 1.44. The molecule has 0 aliphatic rings. The molecule has 1 aromatic rings. The molecule has 0 spiro atoms. The molecule has 1 aromatic carbocycles. The summed E-state index contributed by atoms with van der Waals surface area (Å²) in [5, 5.41) is 9.63. The third-order valence-corrected chi connectivity index (χ3v) is 2.64. The van der Waals surface area contributed by atoms with Gasteiger partial charge in [0.05, 0.1) is 0 Å². The van der Waals surface area contributed by atoms with Gasteiger partial charge in [-0.25, -0.2) is 0 Å². The number of aryl methyl sites for hydroxylation is 1. The highest BCUT2D eigenvalue weighted by molar-refractivity contribution is 5.38. The summed E-state index contributed by atoms with van der Waals surface area (Å²) in [5.41, 5.74) is 2.38. The average molecular weight is 178 g/mol. The van der Waals surface area contributed by atoms with E-state index in [0.717, 1.165) is 18.4 Å². The molecule has 1 heteroatoms. The molecule has 0 aromatic heterocycles. The van der Waals surface area contributed by atoms with Crippen LogP contribution < -0.4 is 0 Å². The van der Waals surface area contributed by atoms with E-state index in [1.54, 1.807) is 6.07 Å². The van der Waals surface area contributed by atoms with Gasteiger partial charge in [-0.1, -0.05) is 32.9 Å². The van der Waals surface area contributed by atoms with Crippen LogP contribution in [0.15, 0.2) is 18.2 Å². The third-order valence-electron chi connectivity index (χ3n) is 2.64. The summed E-state index contributed by atoms with van der Waals surface area (Å²) in [6, 6.07) is 5.91. The molecule has 1 unspecified atom stereocenters. The molecule has 1 nitrogen and oxygen atoms in total. The molecule has 72 valence electrons. The van der Waals surface area contributed by atoms with Gasteiger partial charge in [-0.05, 0) is 36.0 Å². The number of rotatable bonds is 3. The molecule has 0 aliphatic heterocycles. The molecular formula is C12H18O. The summed E-state index contributed by atoms with van der Waals surface area (Å²) >= 11 is 0. The maximum absolute atomic E-state index is 9.63. The Morgan fingerprint density at radius 1 is 1.31 bits per heavy atom. The number of phenols is 1. The van der Waals surface area contributed by atoms with Crippen molar-refractivity contribution in [1.82, 2.24) is 0 Å². The summed E-state index contributed by atoms with van der Waals surface area (Å²) < 4.78 is 0. The zero-order chi connectivity index (χ0) is 9.84. The van der Waals surface area contributed by atoms with Crippen LogP contribution in [0.4, 0.5) is 0 Å². The van der Waals surface area contributed by atoms with E-state index in [-0.39, 0.29) is 0 Å². The van der Waals surface area contributed by atoms with E-state index in [2.05, 4.69) is 26.8 Å². The van der Waals surface area contributed by atoms with Gasteiger partial charge in [-0.3, -0.25) is 0 Å². The van der Waals surface area contributed by atoms with Crippen LogP contribution in [0.25, 0.3) is 0 Å². The van der Waals surface area contributed by atoms with Gasteiger partial charge < -0.3 is 5.11 Å². The molecule has 13 heavy (non-hydrogen) atoms. The van der Waals surface area contributed by atoms with Crippen LogP contribution in [-0.4, -0.2) is 5.11 Å². The van der Waals surface area contributed by atoms with Crippen molar-refractivity contribution in [3.8, 4) is 5.75 Å². The molecule has 1 atom stereocenters. The largest absolute Gasteiger partial charge is 0.508 e. The second-order valence-electron chi connectivity index (χ2n) is 3.56. The Hall–Kier alpha value is -0.980. The standard InChI is InChI=1S/C12H18O/c1-4-9(3)11-8-10(5-2)6-7-12(11)13/h6-9,13H,4-5H2,1-3H3. The lowest BCUT2D eigenvalue weighted by Gasteiger charge is -2.12. The molecule has 1 N–H and O–H groups in total. The lowest BCUT2D eigenvalue weighted by atomic mass is 9.95. The summed E-state index contributed by atoms with van der Waals surface area (Å²) in [4.78, 5) is 0. The number of phenolic OH excluding ortho intramolecular Hbond substituents is 1. The normalized spacial score (nSPS) is 12.8. The number of benzene rings is 1. The van der Waals surface area contributed by atoms with Crippen molar-refractivity contribution in [2.45, 2.75) is 39.5 Å². The molecule has 0 saturated carbocycles. The maximum atomic E-state index is 9.63. The molecule has 0 heterocycles. The first-order chi connectivity index (χ1) is 6.19. The first-order valence-corrected chi connectivity index (χ1v) is 5.00. The fraction of sp³-hybridized carbons (Fsp3) is 0.500. The molecule has 1 rings (SSSR count). The van der Waals surface area contributed by atoms with Crippen molar-refractivity contribution in [2.75, 3.05) is 0 Å². The monoisotopic (exact) mass is 178 g/mol. The van der Waals surface area contributed by atoms with Gasteiger partial charge in [0.25, 0.3) is 0 Å². The average Bonchev–Trinajstić information content (AvgIpc) is 2.17. The SMILES string of the molecule is CCc1ccc(O)c(C(C)CC)c1. The second-order valence-corrected chi connectivity index (χ2v) is 3.56. The van der Waals surface area contributed by atoms with Crippen LogP contribution >= 0.6 is 0 Å². The Balaban J connectivity index is 3.03. The minimum absolute atomic E-state index is 0.437. The number of aromatic hydroxyl groups is 1. The molecule has 0 radical (unpaired) electrons. The zero-order valence-corrected chi connectivity index (χ0v) is 8.67. The smallest absolute Gasteiger partial charge is 0.119 e. The van der Waals surface area contributed by atoms with Gasteiger partial charge in [0, 0.05) is 0 Å². The van der Waals surface area contributed by atoms with Crippen LogP contribution in [-0.2, 0) is 6.42 Å². The summed E-state index contributed by atoms with van der Waals surface area (Å²) in [5.74, 6) is 0.887. The summed E-state index contributed by atoms with van der Waals surface area (Å²) in [6.45, 7) is 6.42. The van der Waals surface area contributed by atoms with Crippen molar-refractivity contribution in [3.63, 3.8) is 0 Å². The lowest BCUT2D eigenvalue weighted by molar-refractivity contribution is 0.461. The lowest BCUT2D eigenvalue weighted by Crippen LogP contribution is -1.93. The van der Waals surface area contributed by atoms with Gasteiger partial charge in [-0.2, -0.15) is 0 Å². The van der Waals surface area contributed by atoms with Gasteiger partial charge in [-0.15, -0.1) is 0 Å². The van der Waals surface area contributed by atoms with Crippen molar-refractivity contribution in [1.29, 1.82) is 0 Å². The van der Waals surface area contributed by atoms with Crippen molar-refractivity contribution in [3.05, 3.63) is 29.3 Å². The zero-order valence-electron chi connectivity index (χ0n) is 8.67. The second kappa shape index (κ2) is 4.31. The van der Waals surface area contributed by atoms with Crippen molar-refractivity contribution >= 4 is 0 Å². The van der Waals surface area contributed by atoms with Gasteiger partial charge in [0.2, 0.25) is 0 Å². The van der Waals surface area contributed by atoms with E-state index >= 15 is 0 Å². The molecule has 0 aliphatic carbocycles. The van der Waals surface area contributed by atoms with Crippen LogP contribution in [0, 0.1) is 0 Å². The first-order valence-electron chi connectivity index (χ1n) is 5.00. The van der Waals surface area contributed by atoms with E-state index in [4.69, 9.17) is 0 Å². The van der Waals surface area contributed by atoms with Crippen LogP contribution in [0.2, 0.25) is 0 Å². The van der Waals surface area contributed by atoms with Crippen molar-refractivity contribution < 1.29 is 5.11 Å². The predicted molar refractivity (Wildman–Crippen MR) is 56.2 cm³/mol. The van der Waals surface area contributed by atoms with E-state index < -0.39 is 0 Å². The fourth-order valence-corrected chi connectivity index (χ4v) is 1.44. The van der Waals surface area contributed by atoms with Gasteiger partial charge in [0.1, 0.15) is 5.75 Å². The van der Waals surface area contributed by atoms with Gasteiger partial charge >= 0.3 is 0 Å². The highest BCUT2D eigenvalue weighted by atomic mass is 16.3. The summed E-state index contributed by atoms with van der Waals surface area (Å²) in [6.07, 6.45) is 2.10. The Bertz CT molecular complexity index is 278. The topological polar surface area (TPSA) is 20.2 Å².